The van der Waals surface area contributed by atoms with Gasteiger partial charge in [-0.3, -0.25) is 0 Å². The second-order valence-electron chi connectivity index (χ2n) is 6.33. The van der Waals surface area contributed by atoms with Gasteiger partial charge in [0.15, 0.2) is 11.0 Å². The number of anilines is 1. The first-order valence-electron chi connectivity index (χ1n) is 7.09. The molecule has 2 rings (SSSR count). The third-order valence-electron chi connectivity index (χ3n) is 3.33. The molecule has 0 bridgehead atoms. The van der Waals surface area contributed by atoms with Gasteiger partial charge in [-0.15, -0.1) is 5.54 Å². The van der Waals surface area contributed by atoms with Crippen LogP contribution in [0.15, 0.2) is 0 Å². The van der Waals surface area contributed by atoms with Gasteiger partial charge in [0, 0.05) is 12.6 Å². The highest BCUT2D eigenvalue weighted by molar-refractivity contribution is 6.83. The smallest absolute Gasteiger partial charge is 0.235 e. The predicted octanol–water partition coefficient (Wildman–Crippen LogP) is 3.22. The third kappa shape index (κ3) is 3.75. The van der Waals surface area contributed by atoms with Gasteiger partial charge in [0.1, 0.15) is 19.7 Å². The number of halogens is 1. The third-order valence-corrected chi connectivity index (χ3v) is 4.48. The summed E-state index contributed by atoms with van der Waals surface area (Å²) in [5.41, 5.74) is 3.97. The lowest BCUT2D eigenvalue weighted by atomic mass is 10.2. The minimum absolute atomic E-state index is 0.104. The van der Waals surface area contributed by atoms with Crippen molar-refractivity contribution in [2.45, 2.75) is 45.4 Å². The van der Waals surface area contributed by atoms with E-state index in [-0.39, 0.29) is 11.0 Å². The first kappa shape index (κ1) is 15.8. The van der Waals surface area contributed by atoms with Gasteiger partial charge in [-0.05, 0) is 19.8 Å². The summed E-state index contributed by atoms with van der Waals surface area (Å²) in [6.45, 7) is 9.61. The van der Waals surface area contributed by atoms with Gasteiger partial charge in [0.25, 0.3) is 0 Å². The maximum atomic E-state index is 9.06. The Balaban J connectivity index is 2.56. The van der Waals surface area contributed by atoms with Gasteiger partial charge in [-0.1, -0.05) is 37.2 Å². The highest BCUT2D eigenvalue weighted by Gasteiger charge is 2.26. The van der Waals surface area contributed by atoms with Crippen LogP contribution in [0, 0.1) is 22.8 Å². The van der Waals surface area contributed by atoms with E-state index in [9.17, 15) is 0 Å². The second kappa shape index (κ2) is 6.05. The van der Waals surface area contributed by atoms with Crippen molar-refractivity contribution >= 4 is 25.5 Å². The van der Waals surface area contributed by atoms with E-state index in [2.05, 4.69) is 52.9 Å². The Bertz CT molecular complexity index is 649. The van der Waals surface area contributed by atoms with E-state index in [0.29, 0.717) is 17.4 Å². The van der Waals surface area contributed by atoms with Crippen LogP contribution in [0.25, 0.3) is 0 Å². The summed E-state index contributed by atoms with van der Waals surface area (Å²) in [6.07, 6.45) is 2.23. The van der Waals surface area contributed by atoms with Gasteiger partial charge >= 0.3 is 0 Å². The van der Waals surface area contributed by atoms with Crippen molar-refractivity contribution in [1.29, 1.82) is 5.26 Å². The summed E-state index contributed by atoms with van der Waals surface area (Å²) >= 11 is 6.25. The molecular formula is C15H19ClN4Si. The average molecular weight is 319 g/mol. The van der Waals surface area contributed by atoms with Crippen LogP contribution in [0.1, 0.15) is 31.2 Å². The number of hydrogen-bond acceptors (Lipinski definition) is 4. The van der Waals surface area contributed by atoms with E-state index in [4.69, 9.17) is 16.9 Å². The van der Waals surface area contributed by atoms with Crippen LogP contribution in [-0.4, -0.2) is 30.6 Å². The van der Waals surface area contributed by atoms with Crippen LogP contribution in [0.4, 0.5) is 5.82 Å². The summed E-state index contributed by atoms with van der Waals surface area (Å²) in [5.74, 6) is 3.99. The molecule has 1 atom stereocenters. The molecule has 1 saturated heterocycles. The molecule has 0 saturated carbocycles. The van der Waals surface area contributed by atoms with Crippen LogP contribution in [0.5, 0.6) is 0 Å². The summed E-state index contributed by atoms with van der Waals surface area (Å²) in [5, 5.41) is 9.34. The van der Waals surface area contributed by atoms with Crippen LogP contribution in [0.2, 0.25) is 24.8 Å². The Morgan fingerprint density at radius 3 is 2.57 bits per heavy atom. The lowest BCUT2D eigenvalue weighted by molar-refractivity contribution is 0.724. The van der Waals surface area contributed by atoms with Crippen molar-refractivity contribution in [1.82, 2.24) is 9.97 Å². The highest BCUT2D eigenvalue weighted by atomic mass is 35.5. The molecule has 0 aliphatic carbocycles. The van der Waals surface area contributed by atoms with Crippen LogP contribution in [0.3, 0.4) is 0 Å². The fraction of sp³-hybridized carbons (Fsp3) is 0.533. The summed E-state index contributed by atoms with van der Waals surface area (Å²) in [7, 11) is -1.52. The molecule has 1 unspecified atom stereocenters. The normalized spacial score (nSPS) is 18.1. The Kier molecular flexibility index (Phi) is 4.56. The van der Waals surface area contributed by atoms with Crippen molar-refractivity contribution in [3.8, 4) is 17.5 Å². The number of nitrogens with zero attached hydrogens (tertiary/aromatic N) is 4. The van der Waals surface area contributed by atoms with Gasteiger partial charge in [0.2, 0.25) is 5.82 Å². The monoisotopic (exact) mass is 318 g/mol. The molecule has 2 heterocycles. The number of aromatic nitrogens is 2. The molecular weight excluding hydrogens is 300 g/mol. The highest BCUT2D eigenvalue weighted by Crippen LogP contribution is 2.29. The van der Waals surface area contributed by atoms with E-state index >= 15 is 0 Å². The van der Waals surface area contributed by atoms with Gasteiger partial charge in [-0.2, -0.15) is 5.26 Å². The van der Waals surface area contributed by atoms with E-state index in [1.165, 1.54) is 0 Å². The lowest BCUT2D eigenvalue weighted by Gasteiger charge is -2.24. The largest absolute Gasteiger partial charge is 0.353 e. The fourth-order valence-electron chi connectivity index (χ4n) is 2.29. The van der Waals surface area contributed by atoms with Gasteiger partial charge in [-0.25, -0.2) is 9.97 Å². The molecule has 0 N–H and O–H groups in total. The Morgan fingerprint density at radius 2 is 2.05 bits per heavy atom. The minimum atomic E-state index is -1.52. The van der Waals surface area contributed by atoms with E-state index in [1.54, 1.807) is 0 Å². The topological polar surface area (TPSA) is 52.8 Å². The molecule has 1 aliphatic heterocycles. The maximum Gasteiger partial charge on any atom is 0.235 e. The molecule has 0 aromatic carbocycles. The van der Waals surface area contributed by atoms with E-state index in [1.807, 2.05) is 6.07 Å². The maximum absolute atomic E-state index is 9.06. The van der Waals surface area contributed by atoms with Crippen molar-refractivity contribution in [2.24, 2.45) is 0 Å². The van der Waals surface area contributed by atoms with Crippen LogP contribution in [-0.2, 0) is 0 Å². The van der Waals surface area contributed by atoms with Crippen molar-refractivity contribution in [3.63, 3.8) is 0 Å². The SMILES string of the molecule is CC1CCCN1c1nc(C#N)nc(Cl)c1C#C[Si](C)(C)C. The molecule has 0 radical (unpaired) electrons. The quantitative estimate of drug-likeness (QED) is 0.453. The average Bonchev–Trinajstić information content (AvgIpc) is 2.81. The summed E-state index contributed by atoms with van der Waals surface area (Å²) < 4.78 is 0. The molecule has 21 heavy (non-hydrogen) atoms. The molecule has 0 spiro atoms. The molecule has 1 aromatic rings. The van der Waals surface area contributed by atoms with Crippen LogP contribution < -0.4 is 4.90 Å². The lowest BCUT2D eigenvalue weighted by Crippen LogP contribution is -2.28. The summed E-state index contributed by atoms with van der Waals surface area (Å²) in [6, 6.07) is 2.36. The van der Waals surface area contributed by atoms with E-state index < -0.39 is 8.07 Å². The number of hydrogen-bond donors (Lipinski definition) is 0. The molecule has 4 nitrogen and oxygen atoms in total. The van der Waals surface area contributed by atoms with Crippen molar-refractivity contribution in [3.05, 3.63) is 16.5 Å². The summed E-state index contributed by atoms with van der Waals surface area (Å²) in [4.78, 5) is 10.6. The fourth-order valence-corrected chi connectivity index (χ4v) is 3.00. The molecule has 110 valence electrons. The van der Waals surface area contributed by atoms with Gasteiger partial charge < -0.3 is 4.90 Å². The van der Waals surface area contributed by atoms with Crippen LogP contribution >= 0.6 is 11.6 Å². The Morgan fingerprint density at radius 1 is 1.33 bits per heavy atom. The van der Waals surface area contributed by atoms with E-state index in [0.717, 1.165) is 19.4 Å². The molecule has 1 aromatic heterocycles. The zero-order valence-corrected chi connectivity index (χ0v) is 14.6. The van der Waals surface area contributed by atoms with Crippen molar-refractivity contribution in [2.75, 3.05) is 11.4 Å². The molecule has 6 heteroatoms. The molecule has 0 amide bonds. The second-order valence-corrected chi connectivity index (χ2v) is 11.4. The minimum Gasteiger partial charge on any atom is -0.353 e. The predicted molar refractivity (Wildman–Crippen MR) is 88.0 cm³/mol. The number of nitriles is 1. The Hall–Kier alpha value is -1.56. The zero-order valence-electron chi connectivity index (χ0n) is 12.9. The number of rotatable bonds is 1. The van der Waals surface area contributed by atoms with Gasteiger partial charge in [0.05, 0.1) is 0 Å². The zero-order chi connectivity index (χ0) is 15.6. The molecule has 1 fully saturated rings. The van der Waals surface area contributed by atoms with Crippen molar-refractivity contribution < 1.29 is 0 Å². The Labute approximate surface area is 132 Å². The molecule has 1 aliphatic rings. The first-order valence-corrected chi connectivity index (χ1v) is 11.0. The standard InChI is InChI=1S/C15H19ClN4Si/c1-11-6-5-8-20(11)15-12(7-9-21(2,3)4)14(16)18-13(10-17)19-15/h11H,5-6,8H2,1-4H3. The first-order chi connectivity index (χ1) is 9.81.